The largest absolute Gasteiger partial charge is 0.319 e. The minimum Gasteiger partial charge on any atom is -0.319 e. The average Bonchev–Trinajstić information content (AvgIpc) is 2.78. The molecule has 0 unspecified atom stereocenters. The van der Waals surface area contributed by atoms with Gasteiger partial charge in [-0.1, -0.05) is 23.7 Å². The smallest absolute Gasteiger partial charge is 0.265 e. The monoisotopic (exact) mass is 255 g/mol. The summed E-state index contributed by atoms with van der Waals surface area (Å²) >= 11 is 6.89. The summed E-state index contributed by atoms with van der Waals surface area (Å²) in [6.45, 7) is 0. The van der Waals surface area contributed by atoms with Gasteiger partial charge >= 0.3 is 0 Å². The van der Waals surface area contributed by atoms with Crippen molar-refractivity contribution >= 4 is 34.5 Å². The number of anilines is 1. The van der Waals surface area contributed by atoms with Crippen LogP contribution in [0.3, 0.4) is 0 Å². The van der Waals surface area contributed by atoms with Gasteiger partial charge in [-0.25, -0.2) is 4.39 Å². The molecule has 0 aliphatic heterocycles. The third kappa shape index (κ3) is 2.23. The maximum Gasteiger partial charge on any atom is 0.265 e. The van der Waals surface area contributed by atoms with Crippen LogP contribution in [0, 0.1) is 5.82 Å². The number of nitrogens with one attached hydrogen (secondary N) is 1. The molecule has 0 saturated heterocycles. The summed E-state index contributed by atoms with van der Waals surface area (Å²) in [4.78, 5) is 12.2. The lowest BCUT2D eigenvalue weighted by Gasteiger charge is -2.05. The van der Waals surface area contributed by atoms with Gasteiger partial charge in [-0.3, -0.25) is 4.79 Å². The van der Waals surface area contributed by atoms with Gasteiger partial charge in [-0.2, -0.15) is 0 Å². The van der Waals surface area contributed by atoms with Crippen molar-refractivity contribution in [2.45, 2.75) is 0 Å². The molecular weight excluding hydrogens is 249 g/mol. The Labute approximate surface area is 101 Å². The van der Waals surface area contributed by atoms with Crippen molar-refractivity contribution in [2.24, 2.45) is 0 Å². The lowest BCUT2D eigenvalue weighted by molar-refractivity contribution is 0.103. The van der Waals surface area contributed by atoms with Crippen LogP contribution in [-0.2, 0) is 0 Å². The Kier molecular flexibility index (Phi) is 3.22. The third-order valence-electron chi connectivity index (χ3n) is 1.94. The molecule has 16 heavy (non-hydrogen) atoms. The summed E-state index contributed by atoms with van der Waals surface area (Å²) in [6, 6.07) is 7.90. The molecule has 2 nitrogen and oxygen atoms in total. The summed E-state index contributed by atoms with van der Waals surface area (Å²) in [5, 5.41) is 4.24. The van der Waals surface area contributed by atoms with Gasteiger partial charge in [0, 0.05) is 0 Å². The van der Waals surface area contributed by atoms with Crippen LogP contribution in [-0.4, -0.2) is 5.91 Å². The number of thiophene rings is 1. The maximum absolute atomic E-state index is 13.5. The first-order valence-electron chi connectivity index (χ1n) is 4.47. The minimum atomic E-state index is -0.617. The van der Waals surface area contributed by atoms with Crippen molar-refractivity contribution in [3.05, 3.63) is 51.4 Å². The number of amides is 1. The highest BCUT2D eigenvalue weighted by atomic mass is 35.5. The highest BCUT2D eigenvalue weighted by molar-refractivity contribution is 7.12. The van der Waals surface area contributed by atoms with E-state index in [4.69, 9.17) is 11.6 Å². The number of carbonyl (C=O) groups is 1. The van der Waals surface area contributed by atoms with Crippen LogP contribution in [0.25, 0.3) is 0 Å². The summed E-state index contributed by atoms with van der Waals surface area (Å²) in [5.74, 6) is -0.953. The van der Waals surface area contributed by atoms with Gasteiger partial charge in [-0.05, 0) is 23.6 Å². The van der Waals surface area contributed by atoms with Crippen molar-refractivity contribution in [1.82, 2.24) is 0 Å². The zero-order valence-electron chi connectivity index (χ0n) is 8.04. The first kappa shape index (κ1) is 11.1. The van der Waals surface area contributed by atoms with Crippen LogP contribution in [0.15, 0.2) is 35.7 Å². The van der Waals surface area contributed by atoms with Crippen LogP contribution in [0.1, 0.15) is 9.67 Å². The van der Waals surface area contributed by atoms with Gasteiger partial charge < -0.3 is 5.32 Å². The molecule has 1 aromatic heterocycles. The van der Waals surface area contributed by atoms with Crippen LogP contribution < -0.4 is 5.32 Å². The zero-order valence-corrected chi connectivity index (χ0v) is 9.61. The highest BCUT2D eigenvalue weighted by Gasteiger charge is 2.11. The van der Waals surface area contributed by atoms with E-state index < -0.39 is 5.82 Å². The van der Waals surface area contributed by atoms with E-state index in [1.807, 2.05) is 0 Å². The molecule has 0 aliphatic carbocycles. The number of hydrogen-bond acceptors (Lipinski definition) is 2. The molecule has 5 heteroatoms. The Morgan fingerprint density at radius 2 is 2.12 bits per heavy atom. The maximum atomic E-state index is 13.5. The molecule has 0 bridgehead atoms. The molecule has 0 saturated carbocycles. The van der Waals surface area contributed by atoms with Crippen molar-refractivity contribution < 1.29 is 9.18 Å². The van der Waals surface area contributed by atoms with Gasteiger partial charge in [-0.15, -0.1) is 11.3 Å². The molecule has 0 spiro atoms. The molecule has 0 radical (unpaired) electrons. The second-order valence-corrected chi connectivity index (χ2v) is 4.39. The summed E-state index contributed by atoms with van der Waals surface area (Å²) in [5.41, 5.74) is 0.0888. The lowest BCUT2D eigenvalue weighted by atomic mass is 10.3. The SMILES string of the molecule is O=C(Nc1cccc(Cl)c1F)c1cccs1. The van der Waals surface area contributed by atoms with Crippen molar-refractivity contribution in [3.63, 3.8) is 0 Å². The molecule has 1 aromatic carbocycles. The first-order chi connectivity index (χ1) is 7.68. The lowest BCUT2D eigenvalue weighted by Crippen LogP contribution is -2.11. The van der Waals surface area contributed by atoms with Gasteiger partial charge in [0.15, 0.2) is 5.82 Å². The van der Waals surface area contributed by atoms with Crippen LogP contribution in [0.2, 0.25) is 5.02 Å². The fourth-order valence-corrected chi connectivity index (χ4v) is 1.99. The van der Waals surface area contributed by atoms with Crippen molar-refractivity contribution in [1.29, 1.82) is 0 Å². The Bertz CT molecular complexity index is 513. The molecule has 1 N–H and O–H groups in total. The molecule has 82 valence electrons. The van der Waals surface area contributed by atoms with E-state index >= 15 is 0 Å². The molecule has 2 rings (SSSR count). The van der Waals surface area contributed by atoms with E-state index in [-0.39, 0.29) is 16.6 Å². The number of rotatable bonds is 2. The highest BCUT2D eigenvalue weighted by Crippen LogP contribution is 2.23. The quantitative estimate of drug-likeness (QED) is 0.869. The number of carbonyl (C=O) groups excluding carboxylic acids is 1. The molecule has 0 atom stereocenters. The van der Waals surface area contributed by atoms with E-state index in [0.29, 0.717) is 4.88 Å². The molecule has 0 aliphatic rings. The van der Waals surface area contributed by atoms with Gasteiger partial charge in [0.25, 0.3) is 5.91 Å². The number of halogens is 2. The van der Waals surface area contributed by atoms with E-state index in [2.05, 4.69) is 5.32 Å². The fourth-order valence-electron chi connectivity index (χ4n) is 1.19. The van der Waals surface area contributed by atoms with E-state index in [9.17, 15) is 9.18 Å². The van der Waals surface area contributed by atoms with Crippen LogP contribution in [0.5, 0.6) is 0 Å². The fraction of sp³-hybridized carbons (Fsp3) is 0. The number of hydrogen-bond donors (Lipinski definition) is 1. The molecule has 0 fully saturated rings. The predicted molar refractivity (Wildman–Crippen MR) is 63.7 cm³/mol. The summed E-state index contributed by atoms with van der Waals surface area (Å²) in [7, 11) is 0. The van der Waals surface area contributed by atoms with Gasteiger partial charge in [0.1, 0.15) is 0 Å². The molecule has 1 amide bonds. The Morgan fingerprint density at radius 3 is 2.81 bits per heavy atom. The summed E-state index contributed by atoms with van der Waals surface area (Å²) in [6.07, 6.45) is 0. The predicted octanol–water partition coefficient (Wildman–Crippen LogP) is 3.79. The van der Waals surface area contributed by atoms with E-state index in [0.717, 1.165) is 0 Å². The Hall–Kier alpha value is -1.39. The Morgan fingerprint density at radius 1 is 1.31 bits per heavy atom. The first-order valence-corrected chi connectivity index (χ1v) is 5.73. The zero-order chi connectivity index (χ0) is 11.5. The topological polar surface area (TPSA) is 29.1 Å². The normalized spacial score (nSPS) is 10.1. The van der Waals surface area contributed by atoms with Crippen LogP contribution in [0.4, 0.5) is 10.1 Å². The second-order valence-electron chi connectivity index (χ2n) is 3.03. The van der Waals surface area contributed by atoms with Crippen molar-refractivity contribution in [2.75, 3.05) is 5.32 Å². The molecule has 2 aromatic rings. The standard InChI is InChI=1S/C11H7ClFNOS/c12-7-3-1-4-8(10(7)13)14-11(15)9-5-2-6-16-9/h1-6H,(H,14,15). The van der Waals surface area contributed by atoms with Crippen LogP contribution >= 0.6 is 22.9 Å². The average molecular weight is 256 g/mol. The molecule has 1 heterocycles. The van der Waals surface area contributed by atoms with Gasteiger partial charge in [0.2, 0.25) is 0 Å². The minimum absolute atomic E-state index is 0.0102. The summed E-state index contributed by atoms with van der Waals surface area (Å²) < 4.78 is 13.5. The van der Waals surface area contributed by atoms with Gasteiger partial charge in [0.05, 0.1) is 15.6 Å². The third-order valence-corrected chi connectivity index (χ3v) is 3.11. The van der Waals surface area contributed by atoms with Crippen molar-refractivity contribution in [3.8, 4) is 0 Å². The Balaban J connectivity index is 2.22. The van der Waals surface area contributed by atoms with E-state index in [1.165, 1.54) is 23.5 Å². The second kappa shape index (κ2) is 4.63. The van der Waals surface area contributed by atoms with E-state index in [1.54, 1.807) is 23.6 Å². The molecular formula is C11H7ClFNOS. The number of benzene rings is 1.